The van der Waals surface area contributed by atoms with Gasteiger partial charge in [-0.25, -0.2) is 8.42 Å². The average molecular weight is 392 g/mol. The van der Waals surface area contributed by atoms with Crippen LogP contribution in [0.15, 0.2) is 47.4 Å². The van der Waals surface area contributed by atoms with Crippen LogP contribution in [0.4, 0.5) is 11.4 Å². The van der Waals surface area contributed by atoms with E-state index in [0.717, 1.165) is 5.56 Å². The van der Waals surface area contributed by atoms with Crippen molar-refractivity contribution in [3.05, 3.63) is 58.1 Å². The summed E-state index contributed by atoms with van der Waals surface area (Å²) in [6.07, 6.45) is 0.0280. The van der Waals surface area contributed by atoms with E-state index < -0.39 is 20.7 Å². The Kier molecular flexibility index (Phi) is 6.51. The van der Waals surface area contributed by atoms with Gasteiger partial charge < -0.3 is 10.1 Å². The third kappa shape index (κ3) is 5.52. The van der Waals surface area contributed by atoms with E-state index in [-0.39, 0.29) is 34.9 Å². The molecule has 2 rings (SSSR count). The minimum atomic E-state index is -3.48. The van der Waals surface area contributed by atoms with Crippen molar-refractivity contribution in [1.82, 2.24) is 0 Å². The van der Waals surface area contributed by atoms with Crippen molar-refractivity contribution in [2.75, 3.05) is 18.2 Å². The summed E-state index contributed by atoms with van der Waals surface area (Å²) in [5.41, 5.74) is 0.691. The number of rotatable bonds is 8. The zero-order valence-electron chi connectivity index (χ0n) is 15.0. The van der Waals surface area contributed by atoms with E-state index in [1.807, 2.05) is 6.92 Å². The fourth-order valence-electron chi connectivity index (χ4n) is 2.39. The summed E-state index contributed by atoms with van der Waals surface area (Å²) < 4.78 is 29.5. The summed E-state index contributed by atoms with van der Waals surface area (Å²) >= 11 is 0. The highest BCUT2D eigenvalue weighted by Gasteiger charge is 2.18. The van der Waals surface area contributed by atoms with Crippen LogP contribution in [0.25, 0.3) is 0 Å². The van der Waals surface area contributed by atoms with Crippen LogP contribution >= 0.6 is 0 Å². The molecule has 1 amide bonds. The Labute approximate surface area is 157 Å². The first-order valence-corrected chi connectivity index (χ1v) is 9.80. The molecule has 0 heterocycles. The van der Waals surface area contributed by atoms with Gasteiger partial charge in [0.2, 0.25) is 5.91 Å². The van der Waals surface area contributed by atoms with Crippen LogP contribution in [-0.2, 0) is 14.6 Å². The molecule has 8 nitrogen and oxygen atoms in total. The molecule has 144 valence electrons. The van der Waals surface area contributed by atoms with Gasteiger partial charge in [-0.15, -0.1) is 0 Å². The molecule has 2 aromatic carbocycles. The summed E-state index contributed by atoms with van der Waals surface area (Å²) in [5.74, 6) is -0.389. The lowest BCUT2D eigenvalue weighted by Crippen LogP contribution is -2.15. The Morgan fingerprint density at radius 3 is 2.44 bits per heavy atom. The molecule has 1 N–H and O–H groups in total. The third-order valence-corrected chi connectivity index (χ3v) is 5.69. The van der Waals surface area contributed by atoms with Gasteiger partial charge in [0.05, 0.1) is 28.7 Å². The Morgan fingerprint density at radius 1 is 1.19 bits per heavy atom. The molecule has 0 aliphatic carbocycles. The number of carbonyl (C=O) groups is 1. The Morgan fingerprint density at radius 2 is 1.85 bits per heavy atom. The molecule has 0 aromatic heterocycles. The molecule has 9 heteroatoms. The molecule has 0 spiro atoms. The molecule has 0 bridgehead atoms. The van der Waals surface area contributed by atoms with E-state index >= 15 is 0 Å². The van der Waals surface area contributed by atoms with Crippen molar-refractivity contribution in [2.24, 2.45) is 0 Å². The van der Waals surface area contributed by atoms with Crippen LogP contribution in [0.5, 0.6) is 5.75 Å². The number of methoxy groups -OCH3 is 1. The zero-order valence-corrected chi connectivity index (χ0v) is 15.8. The summed E-state index contributed by atoms with van der Waals surface area (Å²) in [5, 5.41) is 13.6. The lowest BCUT2D eigenvalue weighted by Gasteiger charge is -2.08. The van der Waals surface area contributed by atoms with E-state index in [1.165, 1.54) is 37.4 Å². The highest BCUT2D eigenvalue weighted by molar-refractivity contribution is 7.91. The molecule has 0 saturated heterocycles. The number of hydrogen-bond acceptors (Lipinski definition) is 6. The van der Waals surface area contributed by atoms with E-state index in [9.17, 15) is 23.3 Å². The zero-order chi connectivity index (χ0) is 20.0. The van der Waals surface area contributed by atoms with Gasteiger partial charge in [-0.2, -0.15) is 0 Å². The second-order valence-corrected chi connectivity index (χ2v) is 8.03. The maximum absolute atomic E-state index is 12.3. The second kappa shape index (κ2) is 8.63. The van der Waals surface area contributed by atoms with Crippen molar-refractivity contribution >= 4 is 27.1 Å². The number of hydrogen-bond donors (Lipinski definition) is 1. The molecule has 0 aliphatic rings. The predicted octanol–water partition coefficient (Wildman–Crippen LogP) is 3.10. The van der Waals surface area contributed by atoms with Crippen molar-refractivity contribution in [3.8, 4) is 5.75 Å². The number of nitro benzene ring substituents is 1. The third-order valence-electron chi connectivity index (χ3n) is 3.87. The van der Waals surface area contributed by atoms with Gasteiger partial charge in [-0.05, 0) is 37.6 Å². The molecule has 0 unspecified atom stereocenters. The highest BCUT2D eigenvalue weighted by Crippen LogP contribution is 2.29. The van der Waals surface area contributed by atoms with Gasteiger partial charge in [0.25, 0.3) is 5.69 Å². The lowest BCUT2D eigenvalue weighted by molar-refractivity contribution is -0.384. The lowest BCUT2D eigenvalue weighted by atomic mass is 10.2. The minimum Gasteiger partial charge on any atom is -0.496 e. The predicted molar refractivity (Wildman–Crippen MR) is 101 cm³/mol. The molecular formula is C18H20N2O6S. The number of anilines is 1. The molecule has 0 radical (unpaired) electrons. The minimum absolute atomic E-state index is 0.0344. The Bertz CT molecular complexity index is 939. The molecule has 0 fully saturated rings. The number of aryl methyl sites for hydroxylation is 1. The number of sulfone groups is 1. The van der Waals surface area contributed by atoms with Crippen LogP contribution in [0.3, 0.4) is 0 Å². The smallest absolute Gasteiger partial charge is 0.296 e. The first kappa shape index (κ1) is 20.4. The number of nitrogens with zero attached hydrogens (tertiary/aromatic N) is 1. The van der Waals surface area contributed by atoms with E-state index in [0.29, 0.717) is 5.75 Å². The number of nitro groups is 1. The SMILES string of the molecule is COc1ccc(NC(=O)CCCS(=O)(=O)c2ccc(C)cc2)c([N+](=O)[O-])c1. The van der Waals surface area contributed by atoms with Crippen LogP contribution in [-0.4, -0.2) is 32.1 Å². The van der Waals surface area contributed by atoms with Gasteiger partial charge in [-0.3, -0.25) is 14.9 Å². The number of carbonyl (C=O) groups excluding carboxylic acids is 1. The molecule has 0 saturated carbocycles. The molecule has 2 aromatic rings. The van der Waals surface area contributed by atoms with Gasteiger partial charge in [0, 0.05) is 6.42 Å². The van der Waals surface area contributed by atoms with Crippen LogP contribution < -0.4 is 10.1 Å². The van der Waals surface area contributed by atoms with Crippen molar-refractivity contribution in [2.45, 2.75) is 24.7 Å². The maximum atomic E-state index is 12.3. The summed E-state index contributed by atoms with van der Waals surface area (Å²) in [6, 6.07) is 10.6. The number of benzene rings is 2. The molecule has 0 aliphatic heterocycles. The van der Waals surface area contributed by atoms with Gasteiger partial charge in [0.15, 0.2) is 9.84 Å². The Balaban J connectivity index is 1.97. The quantitative estimate of drug-likeness (QED) is 0.545. The topological polar surface area (TPSA) is 116 Å². The summed E-state index contributed by atoms with van der Waals surface area (Å²) in [7, 11) is -2.10. The van der Waals surface area contributed by atoms with Crippen molar-refractivity contribution in [1.29, 1.82) is 0 Å². The first-order valence-electron chi connectivity index (χ1n) is 8.14. The standard InChI is InChI=1S/C18H20N2O6S/c1-13-5-8-15(9-6-13)27(24,25)11-3-4-18(21)19-16-10-7-14(26-2)12-17(16)20(22)23/h5-10,12H,3-4,11H2,1-2H3,(H,19,21). The largest absolute Gasteiger partial charge is 0.496 e. The second-order valence-electron chi connectivity index (χ2n) is 5.92. The van der Waals surface area contributed by atoms with Gasteiger partial charge in [0.1, 0.15) is 11.4 Å². The van der Waals surface area contributed by atoms with Crippen LogP contribution in [0, 0.1) is 17.0 Å². The monoisotopic (exact) mass is 392 g/mol. The highest BCUT2D eigenvalue weighted by atomic mass is 32.2. The van der Waals surface area contributed by atoms with Crippen molar-refractivity contribution < 1.29 is 22.9 Å². The number of amides is 1. The fourth-order valence-corrected chi connectivity index (χ4v) is 3.70. The number of ether oxygens (including phenoxy) is 1. The first-order chi connectivity index (χ1) is 12.7. The normalized spacial score (nSPS) is 11.0. The molecule has 0 atom stereocenters. The van der Waals surface area contributed by atoms with E-state index in [2.05, 4.69) is 5.32 Å². The fraction of sp³-hybridized carbons (Fsp3) is 0.278. The molecule has 27 heavy (non-hydrogen) atoms. The number of nitrogens with one attached hydrogen (secondary N) is 1. The maximum Gasteiger partial charge on any atom is 0.296 e. The van der Waals surface area contributed by atoms with E-state index in [4.69, 9.17) is 4.74 Å². The average Bonchev–Trinajstić information content (AvgIpc) is 2.62. The van der Waals surface area contributed by atoms with Crippen LogP contribution in [0.1, 0.15) is 18.4 Å². The van der Waals surface area contributed by atoms with Crippen molar-refractivity contribution in [3.63, 3.8) is 0 Å². The van der Waals surface area contributed by atoms with Gasteiger partial charge >= 0.3 is 0 Å². The van der Waals surface area contributed by atoms with E-state index in [1.54, 1.807) is 12.1 Å². The van der Waals surface area contributed by atoms with Crippen LogP contribution in [0.2, 0.25) is 0 Å². The van der Waals surface area contributed by atoms with Gasteiger partial charge in [-0.1, -0.05) is 17.7 Å². The Hall–Kier alpha value is -2.94. The molecular weight excluding hydrogens is 372 g/mol. The summed E-state index contributed by atoms with van der Waals surface area (Å²) in [6.45, 7) is 1.86. The summed E-state index contributed by atoms with van der Waals surface area (Å²) in [4.78, 5) is 22.7.